The number of hydrogen-bond donors (Lipinski definition) is 1. The second-order valence-corrected chi connectivity index (χ2v) is 4.18. The van der Waals surface area contributed by atoms with E-state index in [2.05, 4.69) is 10.3 Å². The van der Waals surface area contributed by atoms with Crippen molar-refractivity contribution in [2.45, 2.75) is 13.5 Å². The standard InChI is InChI=1S/C15H18N2O2/c1-11-12(10-16-2)8-9-15(17-11)19-14-7-5-4-6-13(14)18-3/h4-9,16H,10H2,1-3H3. The molecule has 0 amide bonds. The van der Waals surface area contributed by atoms with Crippen molar-refractivity contribution in [3.8, 4) is 17.4 Å². The van der Waals surface area contributed by atoms with E-state index < -0.39 is 0 Å². The molecule has 0 aliphatic rings. The molecule has 0 saturated carbocycles. The molecule has 4 nitrogen and oxygen atoms in total. The summed E-state index contributed by atoms with van der Waals surface area (Å²) in [6, 6.07) is 11.4. The molecule has 0 aliphatic carbocycles. The summed E-state index contributed by atoms with van der Waals surface area (Å²) in [5.74, 6) is 1.93. The van der Waals surface area contributed by atoms with Crippen LogP contribution in [0.2, 0.25) is 0 Å². The third-order valence-electron chi connectivity index (χ3n) is 2.82. The first-order valence-electron chi connectivity index (χ1n) is 6.16. The number of benzene rings is 1. The monoisotopic (exact) mass is 258 g/mol. The summed E-state index contributed by atoms with van der Waals surface area (Å²) < 4.78 is 11.0. The molecule has 1 N–H and O–H groups in total. The van der Waals surface area contributed by atoms with Gasteiger partial charge in [0.15, 0.2) is 11.5 Å². The first-order chi connectivity index (χ1) is 9.24. The zero-order chi connectivity index (χ0) is 13.7. The van der Waals surface area contributed by atoms with Gasteiger partial charge in [-0.3, -0.25) is 0 Å². The van der Waals surface area contributed by atoms with Crippen LogP contribution in [0.5, 0.6) is 17.4 Å². The van der Waals surface area contributed by atoms with Crippen molar-refractivity contribution in [3.05, 3.63) is 47.7 Å². The Morgan fingerprint density at radius 2 is 1.84 bits per heavy atom. The summed E-state index contributed by atoms with van der Waals surface area (Å²) >= 11 is 0. The van der Waals surface area contributed by atoms with Crippen LogP contribution in [0.4, 0.5) is 0 Å². The SMILES string of the molecule is CNCc1ccc(Oc2ccccc2OC)nc1C. The summed E-state index contributed by atoms with van der Waals surface area (Å²) in [5.41, 5.74) is 2.12. The molecule has 2 aromatic rings. The maximum Gasteiger partial charge on any atom is 0.219 e. The maximum absolute atomic E-state index is 5.76. The molecule has 100 valence electrons. The molecule has 0 unspecified atom stereocenters. The highest BCUT2D eigenvalue weighted by Crippen LogP contribution is 2.30. The first-order valence-corrected chi connectivity index (χ1v) is 6.16. The number of hydrogen-bond acceptors (Lipinski definition) is 4. The van der Waals surface area contributed by atoms with Gasteiger partial charge in [0.25, 0.3) is 0 Å². The fraction of sp³-hybridized carbons (Fsp3) is 0.267. The molecule has 4 heteroatoms. The Labute approximate surface area is 113 Å². The number of rotatable bonds is 5. The van der Waals surface area contributed by atoms with Gasteiger partial charge in [0.05, 0.1) is 7.11 Å². The summed E-state index contributed by atoms with van der Waals surface area (Å²) in [6.45, 7) is 2.77. The van der Waals surface area contributed by atoms with E-state index in [4.69, 9.17) is 9.47 Å². The van der Waals surface area contributed by atoms with Crippen molar-refractivity contribution in [2.75, 3.05) is 14.2 Å². The molecule has 1 heterocycles. The van der Waals surface area contributed by atoms with Crippen LogP contribution in [-0.4, -0.2) is 19.1 Å². The van der Waals surface area contributed by atoms with Gasteiger partial charge in [0.2, 0.25) is 5.88 Å². The Morgan fingerprint density at radius 1 is 1.11 bits per heavy atom. The van der Waals surface area contributed by atoms with Crippen molar-refractivity contribution in [2.24, 2.45) is 0 Å². The Bertz CT molecular complexity index is 556. The summed E-state index contributed by atoms with van der Waals surface area (Å²) in [5, 5.41) is 3.11. The minimum Gasteiger partial charge on any atom is -0.493 e. The number of para-hydroxylation sites is 2. The van der Waals surface area contributed by atoms with Crippen LogP contribution >= 0.6 is 0 Å². The van der Waals surface area contributed by atoms with Crippen molar-refractivity contribution >= 4 is 0 Å². The summed E-state index contributed by atoms with van der Waals surface area (Å²) in [6.07, 6.45) is 0. The van der Waals surface area contributed by atoms with Crippen molar-refractivity contribution in [1.82, 2.24) is 10.3 Å². The number of aryl methyl sites for hydroxylation is 1. The average molecular weight is 258 g/mol. The molecular formula is C15H18N2O2. The number of pyridine rings is 1. The molecule has 2 rings (SSSR count). The molecule has 0 atom stereocenters. The average Bonchev–Trinajstić information content (AvgIpc) is 2.43. The molecular weight excluding hydrogens is 240 g/mol. The lowest BCUT2D eigenvalue weighted by Gasteiger charge is -2.11. The van der Waals surface area contributed by atoms with Crippen LogP contribution in [0, 0.1) is 6.92 Å². The van der Waals surface area contributed by atoms with Crippen LogP contribution in [0.15, 0.2) is 36.4 Å². The van der Waals surface area contributed by atoms with E-state index in [0.29, 0.717) is 17.4 Å². The predicted molar refractivity (Wildman–Crippen MR) is 74.8 cm³/mol. The van der Waals surface area contributed by atoms with Crippen LogP contribution in [-0.2, 0) is 6.54 Å². The molecule has 0 spiro atoms. The fourth-order valence-electron chi connectivity index (χ4n) is 1.82. The largest absolute Gasteiger partial charge is 0.493 e. The molecule has 0 saturated heterocycles. The first kappa shape index (κ1) is 13.4. The van der Waals surface area contributed by atoms with Crippen molar-refractivity contribution in [3.63, 3.8) is 0 Å². The van der Waals surface area contributed by atoms with E-state index in [-0.39, 0.29) is 0 Å². The van der Waals surface area contributed by atoms with E-state index >= 15 is 0 Å². The minimum atomic E-state index is 0.571. The van der Waals surface area contributed by atoms with Gasteiger partial charge < -0.3 is 14.8 Å². The molecule has 1 aromatic heterocycles. The van der Waals surface area contributed by atoms with Gasteiger partial charge in [-0.2, -0.15) is 0 Å². The van der Waals surface area contributed by atoms with Gasteiger partial charge >= 0.3 is 0 Å². The highest BCUT2D eigenvalue weighted by Gasteiger charge is 2.07. The zero-order valence-electron chi connectivity index (χ0n) is 11.4. The maximum atomic E-state index is 5.76. The van der Waals surface area contributed by atoms with Gasteiger partial charge in [-0.1, -0.05) is 18.2 Å². The summed E-state index contributed by atoms with van der Waals surface area (Å²) in [7, 11) is 3.54. The Kier molecular flexibility index (Phi) is 4.36. The topological polar surface area (TPSA) is 43.4 Å². The third kappa shape index (κ3) is 3.23. The molecule has 19 heavy (non-hydrogen) atoms. The van der Waals surface area contributed by atoms with Crippen LogP contribution in [0.25, 0.3) is 0 Å². The Morgan fingerprint density at radius 3 is 2.47 bits per heavy atom. The second kappa shape index (κ2) is 6.20. The van der Waals surface area contributed by atoms with Gasteiger partial charge in [-0.25, -0.2) is 4.98 Å². The molecule has 0 fully saturated rings. The van der Waals surface area contributed by atoms with Crippen molar-refractivity contribution < 1.29 is 9.47 Å². The highest BCUT2D eigenvalue weighted by molar-refractivity contribution is 5.41. The number of nitrogens with one attached hydrogen (secondary N) is 1. The molecule has 0 radical (unpaired) electrons. The molecule has 0 bridgehead atoms. The van der Waals surface area contributed by atoms with Gasteiger partial charge in [-0.15, -0.1) is 0 Å². The molecule has 1 aromatic carbocycles. The van der Waals surface area contributed by atoms with Crippen molar-refractivity contribution in [1.29, 1.82) is 0 Å². The number of nitrogens with zero attached hydrogens (tertiary/aromatic N) is 1. The Hall–Kier alpha value is -2.07. The van der Waals surface area contributed by atoms with E-state index in [0.717, 1.165) is 17.8 Å². The number of aromatic nitrogens is 1. The van der Waals surface area contributed by atoms with E-state index in [1.165, 1.54) is 0 Å². The highest BCUT2D eigenvalue weighted by atomic mass is 16.5. The predicted octanol–water partition coefficient (Wildman–Crippen LogP) is 2.91. The van der Waals surface area contributed by atoms with Gasteiger partial charge in [-0.05, 0) is 31.7 Å². The van der Waals surface area contributed by atoms with Crippen LogP contribution in [0.1, 0.15) is 11.3 Å². The number of ether oxygens (including phenoxy) is 2. The third-order valence-corrected chi connectivity index (χ3v) is 2.82. The van der Waals surface area contributed by atoms with Crippen LogP contribution in [0.3, 0.4) is 0 Å². The smallest absolute Gasteiger partial charge is 0.219 e. The lowest BCUT2D eigenvalue weighted by Crippen LogP contribution is -2.07. The minimum absolute atomic E-state index is 0.571. The quantitative estimate of drug-likeness (QED) is 0.895. The van der Waals surface area contributed by atoms with E-state index in [9.17, 15) is 0 Å². The van der Waals surface area contributed by atoms with E-state index in [1.807, 2.05) is 50.4 Å². The van der Waals surface area contributed by atoms with Gasteiger partial charge in [0, 0.05) is 18.3 Å². The summed E-state index contributed by atoms with van der Waals surface area (Å²) in [4.78, 5) is 4.44. The van der Waals surface area contributed by atoms with Gasteiger partial charge in [0.1, 0.15) is 0 Å². The molecule has 0 aliphatic heterocycles. The van der Waals surface area contributed by atoms with E-state index in [1.54, 1.807) is 7.11 Å². The number of methoxy groups -OCH3 is 1. The lowest BCUT2D eigenvalue weighted by atomic mass is 10.2. The fourth-order valence-corrected chi connectivity index (χ4v) is 1.82. The second-order valence-electron chi connectivity index (χ2n) is 4.18. The lowest BCUT2D eigenvalue weighted by molar-refractivity contribution is 0.374. The zero-order valence-corrected chi connectivity index (χ0v) is 11.4. The normalized spacial score (nSPS) is 10.3. The van der Waals surface area contributed by atoms with Crippen LogP contribution < -0.4 is 14.8 Å². The Balaban J connectivity index is 2.21.